The average Bonchev–Trinajstić information content (AvgIpc) is 3.45. The number of nitrogens with zero attached hydrogens (tertiary/aromatic N) is 6. The highest BCUT2D eigenvalue weighted by atomic mass is 32.2. The molecule has 0 amide bonds. The lowest BCUT2D eigenvalue weighted by Crippen LogP contribution is -2.33. The molecular formula is C23H32N6O2S. The predicted molar refractivity (Wildman–Crippen MR) is 124 cm³/mol. The molecule has 1 atom stereocenters. The van der Waals surface area contributed by atoms with E-state index < -0.39 is 0 Å². The van der Waals surface area contributed by atoms with Gasteiger partial charge in [-0.1, -0.05) is 44.1 Å². The van der Waals surface area contributed by atoms with E-state index >= 15 is 0 Å². The second-order valence-electron chi connectivity index (χ2n) is 9.20. The van der Waals surface area contributed by atoms with Crippen LogP contribution in [0.3, 0.4) is 0 Å². The quantitative estimate of drug-likeness (QED) is 0.469. The third kappa shape index (κ3) is 4.99. The first-order valence-electron chi connectivity index (χ1n) is 11.2. The topological polar surface area (TPSA) is 82.1 Å². The predicted octanol–water partition coefficient (Wildman–Crippen LogP) is 4.80. The standard InChI is InChI=1S/C23H32N6O2S/c1-16(28-13-7-6-8-14-28)20-25-26-22(29(20)17-9-11-18(30-5)12-10-17)32-15-19-24-21(31-27-19)23(2,3)4/h9-12,16H,6-8,13-15H2,1-5H3. The van der Waals surface area contributed by atoms with Crippen LogP contribution in [0, 0.1) is 0 Å². The summed E-state index contributed by atoms with van der Waals surface area (Å²) in [5.74, 6) is 3.64. The second kappa shape index (κ2) is 9.62. The normalized spacial score (nSPS) is 16.3. The van der Waals surface area contributed by atoms with Gasteiger partial charge in [0.1, 0.15) is 5.75 Å². The molecule has 4 rings (SSSR count). The van der Waals surface area contributed by atoms with Crippen LogP contribution in [0.1, 0.15) is 70.5 Å². The van der Waals surface area contributed by atoms with Crippen LogP contribution < -0.4 is 4.74 Å². The molecule has 172 valence electrons. The fourth-order valence-electron chi connectivity index (χ4n) is 3.83. The van der Waals surface area contributed by atoms with Crippen LogP contribution in [0.25, 0.3) is 5.69 Å². The summed E-state index contributed by atoms with van der Waals surface area (Å²) in [6, 6.07) is 8.20. The van der Waals surface area contributed by atoms with Crippen LogP contribution >= 0.6 is 11.8 Å². The highest BCUT2D eigenvalue weighted by molar-refractivity contribution is 7.98. The Morgan fingerprint density at radius 3 is 2.44 bits per heavy atom. The van der Waals surface area contributed by atoms with E-state index in [9.17, 15) is 0 Å². The maximum atomic E-state index is 5.44. The first-order valence-corrected chi connectivity index (χ1v) is 12.1. The molecule has 1 aliphatic rings. The number of rotatable bonds is 7. The Balaban J connectivity index is 1.62. The molecule has 0 bridgehead atoms. The average molecular weight is 457 g/mol. The Hall–Kier alpha value is -2.39. The Morgan fingerprint density at radius 1 is 1.09 bits per heavy atom. The first kappa shape index (κ1) is 22.8. The van der Waals surface area contributed by atoms with E-state index in [4.69, 9.17) is 9.26 Å². The van der Waals surface area contributed by atoms with Crippen molar-refractivity contribution in [3.63, 3.8) is 0 Å². The third-order valence-electron chi connectivity index (χ3n) is 5.74. The number of methoxy groups -OCH3 is 1. The maximum Gasteiger partial charge on any atom is 0.232 e. The van der Waals surface area contributed by atoms with Crippen LogP contribution in [-0.2, 0) is 11.2 Å². The third-order valence-corrected chi connectivity index (χ3v) is 6.67. The van der Waals surface area contributed by atoms with Gasteiger partial charge in [0.05, 0.1) is 18.9 Å². The van der Waals surface area contributed by atoms with E-state index in [0.717, 1.165) is 35.5 Å². The number of thioether (sulfide) groups is 1. The number of benzene rings is 1. The van der Waals surface area contributed by atoms with Gasteiger partial charge in [-0.15, -0.1) is 10.2 Å². The number of hydrogen-bond acceptors (Lipinski definition) is 8. The Labute approximate surface area is 193 Å². The number of aromatic nitrogens is 5. The van der Waals surface area contributed by atoms with Crippen molar-refractivity contribution in [2.45, 2.75) is 69.3 Å². The minimum atomic E-state index is -0.171. The second-order valence-corrected chi connectivity index (χ2v) is 10.1. The van der Waals surface area contributed by atoms with E-state index in [0.29, 0.717) is 17.5 Å². The highest BCUT2D eigenvalue weighted by Crippen LogP contribution is 2.31. The van der Waals surface area contributed by atoms with Crippen LogP contribution in [0.4, 0.5) is 0 Å². The lowest BCUT2D eigenvalue weighted by Gasteiger charge is -2.31. The molecule has 1 aliphatic heterocycles. The zero-order valence-electron chi connectivity index (χ0n) is 19.5. The highest BCUT2D eigenvalue weighted by Gasteiger charge is 2.26. The van der Waals surface area contributed by atoms with E-state index in [1.165, 1.54) is 19.3 Å². The fourth-order valence-corrected chi connectivity index (χ4v) is 4.64. The van der Waals surface area contributed by atoms with Crippen LogP contribution in [0.5, 0.6) is 5.75 Å². The lowest BCUT2D eigenvalue weighted by molar-refractivity contribution is 0.167. The van der Waals surface area contributed by atoms with Gasteiger partial charge in [-0.2, -0.15) is 4.98 Å². The summed E-state index contributed by atoms with van der Waals surface area (Å²) < 4.78 is 12.9. The summed E-state index contributed by atoms with van der Waals surface area (Å²) in [5, 5.41) is 14.1. The molecule has 32 heavy (non-hydrogen) atoms. The molecule has 3 heterocycles. The van der Waals surface area contributed by atoms with Crippen molar-refractivity contribution in [3.8, 4) is 11.4 Å². The van der Waals surface area contributed by atoms with Gasteiger partial charge >= 0.3 is 0 Å². The van der Waals surface area contributed by atoms with E-state index in [1.54, 1.807) is 18.9 Å². The summed E-state index contributed by atoms with van der Waals surface area (Å²) in [5.41, 5.74) is 0.844. The molecule has 0 spiro atoms. The maximum absolute atomic E-state index is 5.44. The first-order chi connectivity index (χ1) is 15.4. The molecule has 0 radical (unpaired) electrons. The summed E-state index contributed by atoms with van der Waals surface area (Å²) in [6.45, 7) is 10.6. The van der Waals surface area contributed by atoms with E-state index in [1.807, 2.05) is 24.3 Å². The number of piperidine rings is 1. The van der Waals surface area contributed by atoms with Gasteiger partial charge in [0.15, 0.2) is 16.8 Å². The SMILES string of the molecule is COc1ccc(-n2c(SCc3noc(C(C)(C)C)n3)nnc2C(C)N2CCCCC2)cc1. The van der Waals surface area contributed by atoms with Crippen LogP contribution in [0.15, 0.2) is 33.9 Å². The van der Waals surface area contributed by atoms with Gasteiger partial charge in [-0.3, -0.25) is 9.47 Å². The summed E-state index contributed by atoms with van der Waals surface area (Å²) in [7, 11) is 1.68. The van der Waals surface area contributed by atoms with Crippen molar-refractivity contribution in [2.75, 3.05) is 20.2 Å². The van der Waals surface area contributed by atoms with Crippen molar-refractivity contribution in [3.05, 3.63) is 41.8 Å². The van der Waals surface area contributed by atoms with Crippen molar-refractivity contribution < 1.29 is 9.26 Å². The van der Waals surface area contributed by atoms with Gasteiger partial charge in [-0.25, -0.2) is 0 Å². The minimum Gasteiger partial charge on any atom is -0.497 e. The number of hydrogen-bond donors (Lipinski definition) is 0. The van der Waals surface area contributed by atoms with E-state index in [-0.39, 0.29) is 11.5 Å². The molecule has 9 heteroatoms. The van der Waals surface area contributed by atoms with Gasteiger partial charge < -0.3 is 9.26 Å². The summed E-state index contributed by atoms with van der Waals surface area (Å²) in [6.07, 6.45) is 3.77. The molecular weight excluding hydrogens is 424 g/mol. The molecule has 3 aromatic rings. The van der Waals surface area contributed by atoms with E-state index in [2.05, 4.69) is 57.5 Å². The van der Waals surface area contributed by atoms with Gasteiger partial charge in [0, 0.05) is 11.1 Å². The van der Waals surface area contributed by atoms with Gasteiger partial charge in [-0.05, 0) is 57.1 Å². The van der Waals surface area contributed by atoms with Crippen LogP contribution in [0.2, 0.25) is 0 Å². The van der Waals surface area contributed by atoms with Gasteiger partial charge in [0.25, 0.3) is 0 Å². The Bertz CT molecular complexity index is 1020. The molecule has 1 unspecified atom stereocenters. The Kier molecular flexibility index (Phi) is 6.85. The molecule has 0 aliphatic carbocycles. The molecule has 8 nitrogen and oxygen atoms in total. The lowest BCUT2D eigenvalue weighted by atomic mass is 9.97. The summed E-state index contributed by atoms with van der Waals surface area (Å²) in [4.78, 5) is 7.05. The molecule has 1 fully saturated rings. The van der Waals surface area contributed by atoms with Crippen molar-refractivity contribution in [2.24, 2.45) is 0 Å². The molecule has 2 aromatic heterocycles. The largest absolute Gasteiger partial charge is 0.497 e. The van der Waals surface area contributed by atoms with Crippen molar-refractivity contribution in [1.82, 2.24) is 29.8 Å². The molecule has 0 N–H and O–H groups in total. The smallest absolute Gasteiger partial charge is 0.232 e. The Morgan fingerprint density at radius 2 is 1.81 bits per heavy atom. The van der Waals surface area contributed by atoms with Crippen LogP contribution in [-0.4, -0.2) is 50.0 Å². The van der Waals surface area contributed by atoms with Crippen molar-refractivity contribution in [1.29, 1.82) is 0 Å². The molecule has 1 aromatic carbocycles. The number of ether oxygens (including phenoxy) is 1. The summed E-state index contributed by atoms with van der Waals surface area (Å²) >= 11 is 1.57. The number of likely N-dealkylation sites (tertiary alicyclic amines) is 1. The fraction of sp³-hybridized carbons (Fsp3) is 0.565. The minimum absolute atomic E-state index is 0.171. The van der Waals surface area contributed by atoms with Gasteiger partial charge in [0.2, 0.25) is 5.89 Å². The molecule has 0 saturated carbocycles. The molecule has 1 saturated heterocycles. The van der Waals surface area contributed by atoms with Crippen molar-refractivity contribution >= 4 is 11.8 Å². The zero-order chi connectivity index (χ0) is 22.7. The monoisotopic (exact) mass is 456 g/mol. The zero-order valence-corrected chi connectivity index (χ0v) is 20.4.